The van der Waals surface area contributed by atoms with Crippen LogP contribution in [-0.4, -0.2) is 35.0 Å². The fourth-order valence-electron chi connectivity index (χ4n) is 3.34. The van der Waals surface area contributed by atoms with Crippen LogP contribution >= 0.6 is 0 Å². The van der Waals surface area contributed by atoms with Gasteiger partial charge in [-0.15, -0.1) is 0 Å². The third-order valence-corrected chi connectivity index (χ3v) is 5.05. The van der Waals surface area contributed by atoms with Crippen molar-refractivity contribution < 1.29 is 4.79 Å². The minimum atomic E-state index is -0.156. The first-order chi connectivity index (χ1) is 16.4. The molecule has 4 rings (SSSR count). The zero-order valence-corrected chi connectivity index (χ0v) is 19.6. The molecule has 2 aromatic carbocycles. The Hall–Kier alpha value is -4.46. The Morgan fingerprint density at radius 1 is 0.794 bits per heavy atom. The molecule has 4 aromatic rings. The van der Waals surface area contributed by atoms with E-state index in [1.165, 1.54) is 0 Å². The first kappa shape index (κ1) is 22.7. The molecule has 0 saturated heterocycles. The van der Waals surface area contributed by atoms with Gasteiger partial charge in [-0.1, -0.05) is 6.07 Å². The minimum Gasteiger partial charge on any atom is -0.378 e. The van der Waals surface area contributed by atoms with E-state index >= 15 is 0 Å². The van der Waals surface area contributed by atoms with Gasteiger partial charge in [0.1, 0.15) is 23.3 Å². The quantitative estimate of drug-likeness (QED) is 0.350. The van der Waals surface area contributed by atoms with Crippen molar-refractivity contribution in [3.63, 3.8) is 0 Å². The van der Waals surface area contributed by atoms with E-state index in [4.69, 9.17) is 0 Å². The fraction of sp³-hybridized carbons (Fsp3) is 0.154. The third-order valence-electron chi connectivity index (χ3n) is 5.05. The van der Waals surface area contributed by atoms with Gasteiger partial charge >= 0.3 is 0 Å². The number of amides is 1. The number of aromatic nitrogens is 3. The summed E-state index contributed by atoms with van der Waals surface area (Å²) in [5.74, 6) is 2.50. The van der Waals surface area contributed by atoms with Crippen LogP contribution in [0, 0.1) is 13.8 Å². The average Bonchev–Trinajstić information content (AvgIpc) is 2.80. The number of hydrogen-bond acceptors (Lipinski definition) is 7. The van der Waals surface area contributed by atoms with Crippen molar-refractivity contribution in [1.82, 2.24) is 15.0 Å². The molecule has 0 saturated carbocycles. The summed E-state index contributed by atoms with van der Waals surface area (Å²) in [6.45, 7) is 3.85. The van der Waals surface area contributed by atoms with E-state index in [0.717, 1.165) is 22.8 Å². The average molecular weight is 454 g/mol. The second-order valence-corrected chi connectivity index (χ2v) is 8.13. The molecule has 0 unspecified atom stereocenters. The van der Waals surface area contributed by atoms with Gasteiger partial charge in [-0.2, -0.15) is 0 Å². The van der Waals surface area contributed by atoms with Crippen molar-refractivity contribution in [2.45, 2.75) is 13.8 Å². The van der Waals surface area contributed by atoms with Crippen LogP contribution in [0.5, 0.6) is 0 Å². The maximum Gasteiger partial charge on any atom is 0.255 e. The highest BCUT2D eigenvalue weighted by atomic mass is 16.1. The summed E-state index contributed by atoms with van der Waals surface area (Å²) in [5.41, 5.74) is 4.23. The Kier molecular flexibility index (Phi) is 6.68. The van der Waals surface area contributed by atoms with E-state index in [2.05, 4.69) is 30.9 Å². The predicted molar refractivity (Wildman–Crippen MR) is 137 cm³/mol. The molecule has 0 fully saturated rings. The molecule has 0 aliphatic heterocycles. The van der Waals surface area contributed by atoms with Gasteiger partial charge in [0, 0.05) is 49.0 Å². The topological polar surface area (TPSA) is 95.1 Å². The zero-order chi connectivity index (χ0) is 24.1. The molecular formula is C26H27N7O. The summed E-state index contributed by atoms with van der Waals surface area (Å²) in [4.78, 5) is 27.8. The molecular weight excluding hydrogens is 426 g/mol. The van der Waals surface area contributed by atoms with E-state index < -0.39 is 0 Å². The van der Waals surface area contributed by atoms with E-state index in [1.807, 2.05) is 93.5 Å². The number of rotatable bonds is 7. The van der Waals surface area contributed by atoms with Crippen LogP contribution in [0.2, 0.25) is 0 Å². The van der Waals surface area contributed by atoms with Gasteiger partial charge in [0.2, 0.25) is 0 Å². The Balaban J connectivity index is 1.43. The molecule has 8 heteroatoms. The maximum atomic E-state index is 12.6. The Morgan fingerprint density at radius 2 is 1.50 bits per heavy atom. The van der Waals surface area contributed by atoms with Gasteiger partial charge in [0.05, 0.1) is 0 Å². The number of hydrogen-bond donors (Lipinski definition) is 3. The van der Waals surface area contributed by atoms with Crippen LogP contribution in [0.3, 0.4) is 0 Å². The van der Waals surface area contributed by atoms with Gasteiger partial charge in [-0.25, -0.2) is 15.0 Å². The molecule has 0 radical (unpaired) electrons. The van der Waals surface area contributed by atoms with Crippen LogP contribution in [-0.2, 0) is 0 Å². The second-order valence-electron chi connectivity index (χ2n) is 8.13. The number of nitrogens with one attached hydrogen (secondary N) is 3. The molecule has 0 spiro atoms. The Bertz CT molecular complexity index is 1300. The van der Waals surface area contributed by atoms with Gasteiger partial charge in [-0.05, 0) is 74.0 Å². The Labute approximate surface area is 199 Å². The smallest absolute Gasteiger partial charge is 0.255 e. The van der Waals surface area contributed by atoms with Crippen LogP contribution in [0.15, 0.2) is 72.9 Å². The lowest BCUT2D eigenvalue weighted by atomic mass is 10.1. The molecule has 0 aliphatic rings. The van der Waals surface area contributed by atoms with Gasteiger partial charge in [-0.3, -0.25) is 4.79 Å². The van der Waals surface area contributed by atoms with E-state index in [-0.39, 0.29) is 5.91 Å². The molecule has 34 heavy (non-hydrogen) atoms. The summed E-state index contributed by atoms with van der Waals surface area (Å²) in [6.07, 6.45) is 1.75. The monoisotopic (exact) mass is 453 g/mol. The Morgan fingerprint density at radius 3 is 2.21 bits per heavy atom. The lowest BCUT2D eigenvalue weighted by Crippen LogP contribution is -2.14. The molecule has 0 atom stereocenters. The first-order valence-electron chi connectivity index (χ1n) is 10.9. The van der Waals surface area contributed by atoms with Crippen molar-refractivity contribution >= 4 is 40.4 Å². The summed E-state index contributed by atoms with van der Waals surface area (Å²) < 4.78 is 0. The number of carbonyl (C=O) groups excluding carboxylic acids is 1. The highest BCUT2D eigenvalue weighted by molar-refractivity contribution is 6.04. The summed E-state index contributed by atoms with van der Waals surface area (Å²) >= 11 is 0. The molecule has 0 aliphatic carbocycles. The summed E-state index contributed by atoms with van der Waals surface area (Å²) in [7, 11) is 3.89. The minimum absolute atomic E-state index is 0.156. The standard InChI is InChI=1S/C26H27N7O/c1-17-12-13-27-23(14-17)32-25-16-24(28-18(2)29-25)30-20-8-10-21(11-9-20)31-26(34)19-6-5-7-22(15-19)33(3)4/h5-16H,1-4H3,(H,31,34)(H2,27,28,29,30,32). The molecule has 8 nitrogen and oxygen atoms in total. The van der Waals surface area contributed by atoms with Crippen molar-refractivity contribution in [2.24, 2.45) is 0 Å². The SMILES string of the molecule is Cc1ccnc(Nc2cc(Nc3ccc(NC(=O)c4cccc(N(C)C)c4)cc3)nc(C)n2)c1. The number of pyridine rings is 1. The van der Waals surface area contributed by atoms with Crippen molar-refractivity contribution in [3.05, 3.63) is 89.9 Å². The van der Waals surface area contributed by atoms with Gasteiger partial charge in [0.25, 0.3) is 5.91 Å². The lowest BCUT2D eigenvalue weighted by Gasteiger charge is -2.14. The molecule has 2 heterocycles. The highest BCUT2D eigenvalue weighted by Crippen LogP contribution is 2.22. The zero-order valence-electron chi connectivity index (χ0n) is 19.6. The number of aryl methyl sites for hydroxylation is 2. The van der Waals surface area contributed by atoms with Crippen molar-refractivity contribution in [2.75, 3.05) is 34.9 Å². The number of anilines is 6. The summed E-state index contributed by atoms with van der Waals surface area (Å²) in [5, 5.41) is 9.44. The lowest BCUT2D eigenvalue weighted by molar-refractivity contribution is 0.102. The molecule has 172 valence electrons. The maximum absolute atomic E-state index is 12.6. The van der Waals surface area contributed by atoms with E-state index in [1.54, 1.807) is 12.3 Å². The highest BCUT2D eigenvalue weighted by Gasteiger charge is 2.09. The van der Waals surface area contributed by atoms with E-state index in [9.17, 15) is 4.79 Å². The fourth-order valence-corrected chi connectivity index (χ4v) is 3.34. The molecule has 0 bridgehead atoms. The van der Waals surface area contributed by atoms with Crippen LogP contribution in [0.25, 0.3) is 0 Å². The number of benzene rings is 2. The number of nitrogens with zero attached hydrogens (tertiary/aromatic N) is 4. The van der Waals surface area contributed by atoms with E-state index in [0.29, 0.717) is 28.7 Å². The van der Waals surface area contributed by atoms with Crippen LogP contribution in [0.4, 0.5) is 34.5 Å². The van der Waals surface area contributed by atoms with Crippen LogP contribution in [0.1, 0.15) is 21.7 Å². The molecule has 3 N–H and O–H groups in total. The molecule has 1 amide bonds. The number of carbonyl (C=O) groups is 1. The van der Waals surface area contributed by atoms with Crippen LogP contribution < -0.4 is 20.9 Å². The molecule has 2 aromatic heterocycles. The van der Waals surface area contributed by atoms with Crippen molar-refractivity contribution in [1.29, 1.82) is 0 Å². The first-order valence-corrected chi connectivity index (χ1v) is 10.9. The largest absolute Gasteiger partial charge is 0.378 e. The normalized spacial score (nSPS) is 10.5. The summed E-state index contributed by atoms with van der Waals surface area (Å²) in [6, 6.07) is 20.7. The van der Waals surface area contributed by atoms with Gasteiger partial charge < -0.3 is 20.9 Å². The third kappa shape index (κ3) is 5.86. The van der Waals surface area contributed by atoms with Crippen molar-refractivity contribution in [3.8, 4) is 0 Å². The van der Waals surface area contributed by atoms with Gasteiger partial charge in [0.15, 0.2) is 0 Å². The second kappa shape index (κ2) is 9.99. The predicted octanol–water partition coefficient (Wildman–Crippen LogP) is 5.29.